The summed E-state index contributed by atoms with van der Waals surface area (Å²) in [6.07, 6.45) is 0. The summed E-state index contributed by atoms with van der Waals surface area (Å²) in [4.78, 5) is 26.2. The van der Waals surface area contributed by atoms with Crippen LogP contribution in [0.3, 0.4) is 0 Å². The molecule has 8 heteroatoms. The highest BCUT2D eigenvalue weighted by Crippen LogP contribution is 2.18. The molecular formula is C14H15N3O5. The maximum absolute atomic E-state index is 11.4. The molecule has 0 radical (unpaired) electrons. The van der Waals surface area contributed by atoms with Crippen molar-refractivity contribution in [1.82, 2.24) is 10.1 Å². The molecule has 0 aliphatic rings. The number of hydrogen-bond donors (Lipinski definition) is 1. The minimum absolute atomic E-state index is 0.0203. The number of carbonyl (C=O) groups excluding carboxylic acids is 2. The number of amides is 1. The average molecular weight is 305 g/mol. The Morgan fingerprint density at radius 3 is 2.91 bits per heavy atom. The van der Waals surface area contributed by atoms with Gasteiger partial charge < -0.3 is 19.3 Å². The summed E-state index contributed by atoms with van der Waals surface area (Å²) >= 11 is 0. The summed E-state index contributed by atoms with van der Waals surface area (Å²) in [5.74, 6) is -0.322. The molecule has 1 aromatic heterocycles. The first-order chi connectivity index (χ1) is 10.6. The molecule has 0 fully saturated rings. The fourth-order valence-corrected chi connectivity index (χ4v) is 1.60. The van der Waals surface area contributed by atoms with Gasteiger partial charge in [-0.05, 0) is 19.1 Å². The van der Waals surface area contributed by atoms with E-state index < -0.39 is 5.97 Å². The van der Waals surface area contributed by atoms with Crippen LogP contribution in [0.1, 0.15) is 30.4 Å². The van der Waals surface area contributed by atoms with E-state index in [2.05, 4.69) is 15.5 Å². The number of carbonyl (C=O) groups is 2. The minimum atomic E-state index is -0.672. The summed E-state index contributed by atoms with van der Waals surface area (Å²) in [6, 6.07) is 6.85. The first-order valence-electron chi connectivity index (χ1n) is 6.58. The largest absolute Gasteiger partial charge is 0.485 e. The van der Waals surface area contributed by atoms with Crippen LogP contribution in [0.15, 0.2) is 28.8 Å². The maximum atomic E-state index is 11.4. The van der Waals surface area contributed by atoms with Gasteiger partial charge in [0, 0.05) is 18.7 Å². The average Bonchev–Trinajstić information content (AvgIpc) is 2.94. The zero-order valence-corrected chi connectivity index (χ0v) is 12.2. The lowest BCUT2D eigenvalue weighted by Crippen LogP contribution is -2.06. The molecule has 116 valence electrons. The van der Waals surface area contributed by atoms with E-state index in [4.69, 9.17) is 14.0 Å². The second-order valence-electron chi connectivity index (χ2n) is 4.23. The predicted molar refractivity (Wildman–Crippen MR) is 75.3 cm³/mol. The number of nitrogens with one attached hydrogen (secondary N) is 1. The quantitative estimate of drug-likeness (QED) is 0.811. The molecule has 0 bridgehead atoms. The SMILES string of the molecule is CCOC(=O)c1nc(COc2cccc(NC(C)=O)c2)no1. The summed E-state index contributed by atoms with van der Waals surface area (Å²) in [6.45, 7) is 3.35. The van der Waals surface area contributed by atoms with E-state index >= 15 is 0 Å². The number of nitrogens with zero attached hydrogens (tertiary/aromatic N) is 2. The van der Waals surface area contributed by atoms with Crippen molar-refractivity contribution in [3.63, 3.8) is 0 Å². The molecule has 1 N–H and O–H groups in total. The van der Waals surface area contributed by atoms with Crippen molar-refractivity contribution in [1.29, 1.82) is 0 Å². The molecule has 1 aromatic carbocycles. The van der Waals surface area contributed by atoms with Gasteiger partial charge in [0.1, 0.15) is 5.75 Å². The molecule has 1 heterocycles. The van der Waals surface area contributed by atoms with Crippen LogP contribution in [0.5, 0.6) is 5.75 Å². The zero-order chi connectivity index (χ0) is 15.9. The van der Waals surface area contributed by atoms with Gasteiger partial charge >= 0.3 is 11.9 Å². The van der Waals surface area contributed by atoms with Gasteiger partial charge in [0.05, 0.1) is 6.61 Å². The van der Waals surface area contributed by atoms with Crippen molar-refractivity contribution < 1.29 is 23.6 Å². The monoisotopic (exact) mass is 305 g/mol. The first-order valence-corrected chi connectivity index (χ1v) is 6.58. The van der Waals surface area contributed by atoms with E-state index in [0.29, 0.717) is 11.4 Å². The number of ether oxygens (including phenoxy) is 2. The number of anilines is 1. The van der Waals surface area contributed by atoms with E-state index in [1.165, 1.54) is 6.92 Å². The highest BCUT2D eigenvalue weighted by Gasteiger charge is 2.16. The predicted octanol–water partition coefficient (Wildman–Crippen LogP) is 1.78. The second kappa shape index (κ2) is 7.21. The Hall–Kier alpha value is -2.90. The molecule has 2 aromatic rings. The molecule has 22 heavy (non-hydrogen) atoms. The van der Waals surface area contributed by atoms with Gasteiger partial charge in [-0.1, -0.05) is 11.2 Å². The molecule has 0 aliphatic heterocycles. The summed E-state index contributed by atoms with van der Waals surface area (Å²) in [5.41, 5.74) is 0.616. The van der Waals surface area contributed by atoms with E-state index in [-0.39, 0.29) is 30.8 Å². The fraction of sp³-hybridized carbons (Fsp3) is 0.286. The fourth-order valence-electron chi connectivity index (χ4n) is 1.60. The van der Waals surface area contributed by atoms with Crippen molar-refractivity contribution >= 4 is 17.6 Å². The molecule has 1 amide bonds. The van der Waals surface area contributed by atoms with Crippen LogP contribution in [0.25, 0.3) is 0 Å². The normalized spacial score (nSPS) is 10.1. The van der Waals surface area contributed by atoms with Crippen LogP contribution in [0.4, 0.5) is 5.69 Å². The van der Waals surface area contributed by atoms with Gasteiger partial charge in [-0.2, -0.15) is 4.98 Å². The van der Waals surface area contributed by atoms with Gasteiger partial charge in [-0.15, -0.1) is 0 Å². The van der Waals surface area contributed by atoms with E-state index in [1.807, 2.05) is 0 Å². The Morgan fingerprint density at radius 2 is 2.18 bits per heavy atom. The minimum Gasteiger partial charge on any atom is -0.485 e. The molecule has 0 unspecified atom stereocenters. The summed E-state index contributed by atoms with van der Waals surface area (Å²) < 4.78 is 15.0. The van der Waals surface area contributed by atoms with Gasteiger partial charge in [0.25, 0.3) is 0 Å². The third kappa shape index (κ3) is 4.30. The van der Waals surface area contributed by atoms with Crippen LogP contribution in [0, 0.1) is 0 Å². The van der Waals surface area contributed by atoms with Crippen LogP contribution >= 0.6 is 0 Å². The van der Waals surface area contributed by atoms with Crippen molar-refractivity contribution in [3.8, 4) is 5.75 Å². The number of esters is 1. The van der Waals surface area contributed by atoms with Crippen LogP contribution in [-0.4, -0.2) is 28.6 Å². The van der Waals surface area contributed by atoms with Crippen molar-refractivity contribution in [2.75, 3.05) is 11.9 Å². The van der Waals surface area contributed by atoms with Crippen molar-refractivity contribution in [2.24, 2.45) is 0 Å². The molecule has 0 atom stereocenters. The topological polar surface area (TPSA) is 104 Å². The zero-order valence-electron chi connectivity index (χ0n) is 12.2. The highest BCUT2D eigenvalue weighted by molar-refractivity contribution is 5.88. The van der Waals surface area contributed by atoms with Gasteiger partial charge in [0.15, 0.2) is 6.61 Å². The van der Waals surface area contributed by atoms with E-state index in [1.54, 1.807) is 31.2 Å². The molecule has 8 nitrogen and oxygen atoms in total. The Labute approximate surface area is 126 Å². The Kier molecular flexibility index (Phi) is 5.07. The van der Waals surface area contributed by atoms with E-state index in [9.17, 15) is 9.59 Å². The lowest BCUT2D eigenvalue weighted by atomic mass is 10.3. The molecule has 0 aliphatic carbocycles. The standard InChI is InChI=1S/C14H15N3O5/c1-3-20-14(19)13-16-12(17-22-13)8-21-11-6-4-5-10(7-11)15-9(2)18/h4-7H,3,8H2,1-2H3,(H,15,18). The van der Waals surface area contributed by atoms with Crippen molar-refractivity contribution in [2.45, 2.75) is 20.5 Å². The lowest BCUT2D eigenvalue weighted by molar-refractivity contribution is -0.114. The van der Waals surface area contributed by atoms with Gasteiger partial charge in [0.2, 0.25) is 11.7 Å². The molecular weight excluding hydrogens is 290 g/mol. The summed E-state index contributed by atoms with van der Waals surface area (Å²) in [5, 5.41) is 6.27. The molecule has 0 saturated heterocycles. The lowest BCUT2D eigenvalue weighted by Gasteiger charge is -2.06. The van der Waals surface area contributed by atoms with Gasteiger partial charge in [-0.25, -0.2) is 4.79 Å². The number of aromatic nitrogens is 2. The number of rotatable bonds is 6. The highest BCUT2D eigenvalue weighted by atomic mass is 16.6. The Bertz CT molecular complexity index is 668. The Balaban J connectivity index is 1.95. The third-order valence-electron chi connectivity index (χ3n) is 2.44. The third-order valence-corrected chi connectivity index (χ3v) is 2.44. The number of hydrogen-bond acceptors (Lipinski definition) is 7. The van der Waals surface area contributed by atoms with Crippen LogP contribution in [-0.2, 0) is 16.1 Å². The molecule has 2 rings (SSSR count). The number of benzene rings is 1. The summed E-state index contributed by atoms with van der Waals surface area (Å²) in [7, 11) is 0. The van der Waals surface area contributed by atoms with Gasteiger partial charge in [-0.3, -0.25) is 4.79 Å². The maximum Gasteiger partial charge on any atom is 0.397 e. The molecule has 0 saturated carbocycles. The molecule has 0 spiro atoms. The van der Waals surface area contributed by atoms with Crippen LogP contribution in [0.2, 0.25) is 0 Å². The van der Waals surface area contributed by atoms with E-state index in [0.717, 1.165) is 0 Å². The first kappa shape index (κ1) is 15.5. The smallest absolute Gasteiger partial charge is 0.397 e. The van der Waals surface area contributed by atoms with Crippen molar-refractivity contribution in [3.05, 3.63) is 36.0 Å². The van der Waals surface area contributed by atoms with Crippen LogP contribution < -0.4 is 10.1 Å². The Morgan fingerprint density at radius 1 is 1.36 bits per heavy atom. The second-order valence-corrected chi connectivity index (χ2v) is 4.23.